The van der Waals surface area contributed by atoms with Gasteiger partial charge in [0.15, 0.2) is 0 Å². The quantitative estimate of drug-likeness (QED) is 0.782. The van der Waals surface area contributed by atoms with Crippen LogP contribution in [0.1, 0.15) is 63.2 Å². The van der Waals surface area contributed by atoms with E-state index in [-0.39, 0.29) is 17.9 Å². The first-order valence-electron chi connectivity index (χ1n) is 10.8. The SMILES string of the molecule is CCN(CC)C(=O)CN1CCCC[C@@H]1c1nc2c(c(NC)n1)CCN(C(C)=O)C2. The number of aromatic nitrogens is 2. The number of rotatable bonds is 6. The van der Waals surface area contributed by atoms with Crippen LogP contribution in [0.5, 0.6) is 0 Å². The van der Waals surface area contributed by atoms with Crippen molar-refractivity contribution >= 4 is 17.6 Å². The fourth-order valence-corrected chi connectivity index (χ4v) is 4.40. The van der Waals surface area contributed by atoms with Crippen LogP contribution in [0.2, 0.25) is 0 Å². The van der Waals surface area contributed by atoms with Gasteiger partial charge in [0.05, 0.1) is 24.8 Å². The van der Waals surface area contributed by atoms with Gasteiger partial charge in [-0.3, -0.25) is 14.5 Å². The first-order chi connectivity index (χ1) is 14.0. The van der Waals surface area contributed by atoms with Crippen LogP contribution in [-0.4, -0.2) is 76.3 Å². The Labute approximate surface area is 173 Å². The molecule has 1 fully saturated rings. The Hall–Kier alpha value is -2.22. The van der Waals surface area contributed by atoms with Crippen LogP contribution in [0.3, 0.4) is 0 Å². The van der Waals surface area contributed by atoms with Gasteiger partial charge in [-0.15, -0.1) is 0 Å². The molecule has 0 radical (unpaired) electrons. The van der Waals surface area contributed by atoms with Crippen LogP contribution in [0.15, 0.2) is 0 Å². The summed E-state index contributed by atoms with van der Waals surface area (Å²) in [4.78, 5) is 40.3. The first kappa shape index (κ1) is 21.5. The Kier molecular flexibility index (Phi) is 7.05. The third-order valence-electron chi connectivity index (χ3n) is 6.13. The summed E-state index contributed by atoms with van der Waals surface area (Å²) in [6.07, 6.45) is 3.91. The van der Waals surface area contributed by atoms with E-state index in [0.717, 1.165) is 68.2 Å². The van der Waals surface area contributed by atoms with Gasteiger partial charge in [-0.05, 0) is 39.7 Å². The van der Waals surface area contributed by atoms with Gasteiger partial charge >= 0.3 is 0 Å². The molecular formula is C21H34N6O2. The molecular weight excluding hydrogens is 368 g/mol. The zero-order valence-electron chi connectivity index (χ0n) is 18.2. The van der Waals surface area contributed by atoms with E-state index in [4.69, 9.17) is 9.97 Å². The van der Waals surface area contributed by atoms with Gasteiger partial charge in [0, 0.05) is 39.2 Å². The molecule has 0 aliphatic carbocycles. The molecule has 2 aliphatic heterocycles. The molecule has 1 N–H and O–H groups in total. The van der Waals surface area contributed by atoms with E-state index >= 15 is 0 Å². The predicted octanol–water partition coefficient (Wildman–Crippen LogP) is 1.82. The van der Waals surface area contributed by atoms with E-state index < -0.39 is 0 Å². The fourth-order valence-electron chi connectivity index (χ4n) is 4.40. The lowest BCUT2D eigenvalue weighted by Gasteiger charge is -2.36. The summed E-state index contributed by atoms with van der Waals surface area (Å²) in [5.74, 6) is 1.86. The third-order valence-corrected chi connectivity index (χ3v) is 6.13. The Morgan fingerprint density at radius 1 is 1.17 bits per heavy atom. The summed E-state index contributed by atoms with van der Waals surface area (Å²) >= 11 is 0. The van der Waals surface area contributed by atoms with Crippen LogP contribution in [0.4, 0.5) is 5.82 Å². The molecule has 1 atom stereocenters. The summed E-state index contributed by atoms with van der Waals surface area (Å²) in [5, 5.41) is 3.22. The lowest BCUT2D eigenvalue weighted by Crippen LogP contribution is -2.44. The second-order valence-corrected chi connectivity index (χ2v) is 7.84. The van der Waals surface area contributed by atoms with Crippen molar-refractivity contribution in [1.82, 2.24) is 24.7 Å². The lowest BCUT2D eigenvalue weighted by atomic mass is 9.99. The van der Waals surface area contributed by atoms with Gasteiger partial charge in [0.2, 0.25) is 11.8 Å². The fraction of sp³-hybridized carbons (Fsp3) is 0.714. The van der Waals surface area contributed by atoms with E-state index in [1.807, 2.05) is 30.7 Å². The van der Waals surface area contributed by atoms with Crippen molar-refractivity contribution in [3.05, 3.63) is 17.1 Å². The maximum absolute atomic E-state index is 12.7. The van der Waals surface area contributed by atoms with E-state index in [9.17, 15) is 9.59 Å². The number of likely N-dealkylation sites (N-methyl/N-ethyl adjacent to an activating group) is 1. The normalized spacial score (nSPS) is 19.6. The molecule has 1 aromatic heterocycles. The molecule has 160 valence electrons. The number of piperidine rings is 1. The minimum atomic E-state index is 0.0355. The number of likely N-dealkylation sites (tertiary alicyclic amines) is 1. The summed E-state index contributed by atoms with van der Waals surface area (Å²) in [7, 11) is 1.88. The maximum Gasteiger partial charge on any atom is 0.236 e. The van der Waals surface area contributed by atoms with E-state index in [1.54, 1.807) is 6.92 Å². The van der Waals surface area contributed by atoms with Gasteiger partial charge in [-0.1, -0.05) is 6.42 Å². The van der Waals surface area contributed by atoms with Crippen LogP contribution in [-0.2, 0) is 22.6 Å². The number of anilines is 1. The molecule has 0 aromatic carbocycles. The monoisotopic (exact) mass is 402 g/mol. The molecule has 8 nitrogen and oxygen atoms in total. The summed E-state index contributed by atoms with van der Waals surface area (Å²) in [6, 6.07) is 0.0355. The molecule has 1 saturated heterocycles. The van der Waals surface area contributed by atoms with Gasteiger partial charge in [-0.2, -0.15) is 0 Å². The number of nitrogens with zero attached hydrogens (tertiary/aromatic N) is 5. The average Bonchev–Trinajstić information content (AvgIpc) is 2.73. The first-order valence-corrected chi connectivity index (χ1v) is 10.8. The smallest absolute Gasteiger partial charge is 0.236 e. The summed E-state index contributed by atoms with van der Waals surface area (Å²) in [6.45, 7) is 9.61. The Morgan fingerprint density at radius 2 is 1.93 bits per heavy atom. The molecule has 2 aliphatic rings. The highest BCUT2D eigenvalue weighted by Crippen LogP contribution is 2.32. The minimum Gasteiger partial charge on any atom is -0.373 e. The standard InChI is InChI=1S/C21H34N6O2/c1-5-25(6-2)19(29)14-27-11-8-7-9-18(27)21-23-17-13-26(15(3)28)12-10-16(17)20(22-4)24-21/h18H,5-14H2,1-4H3,(H,22,23,24)/t18-/m1/s1. The molecule has 0 saturated carbocycles. The van der Waals surface area contributed by atoms with Gasteiger partial charge < -0.3 is 15.1 Å². The largest absolute Gasteiger partial charge is 0.373 e. The van der Waals surface area contributed by atoms with Crippen molar-refractivity contribution < 1.29 is 9.59 Å². The van der Waals surface area contributed by atoms with Crippen LogP contribution in [0, 0.1) is 0 Å². The number of carbonyl (C=O) groups is 2. The minimum absolute atomic E-state index is 0.0355. The van der Waals surface area contributed by atoms with Crippen molar-refractivity contribution in [3.8, 4) is 0 Å². The molecule has 29 heavy (non-hydrogen) atoms. The Morgan fingerprint density at radius 3 is 2.59 bits per heavy atom. The number of fused-ring (bicyclic) bond motifs is 1. The van der Waals surface area contributed by atoms with E-state index in [1.165, 1.54) is 0 Å². The lowest BCUT2D eigenvalue weighted by molar-refractivity contribution is -0.133. The van der Waals surface area contributed by atoms with Gasteiger partial charge in [0.1, 0.15) is 11.6 Å². The van der Waals surface area contributed by atoms with Crippen molar-refractivity contribution in [2.45, 2.75) is 59.0 Å². The Balaban J connectivity index is 1.88. The van der Waals surface area contributed by atoms with E-state index in [2.05, 4.69) is 10.2 Å². The van der Waals surface area contributed by atoms with Gasteiger partial charge in [0.25, 0.3) is 0 Å². The number of nitrogens with one attached hydrogen (secondary N) is 1. The zero-order valence-corrected chi connectivity index (χ0v) is 18.2. The van der Waals surface area contributed by atoms with Crippen LogP contribution < -0.4 is 5.32 Å². The summed E-state index contributed by atoms with van der Waals surface area (Å²) in [5.41, 5.74) is 2.04. The van der Waals surface area contributed by atoms with Crippen LogP contribution >= 0.6 is 0 Å². The maximum atomic E-state index is 12.7. The molecule has 0 unspecified atom stereocenters. The second-order valence-electron chi connectivity index (χ2n) is 7.84. The van der Waals surface area contributed by atoms with Crippen molar-refractivity contribution in [2.24, 2.45) is 0 Å². The highest BCUT2D eigenvalue weighted by molar-refractivity contribution is 5.78. The third kappa shape index (κ3) is 4.69. The molecule has 0 bridgehead atoms. The molecule has 2 amide bonds. The molecule has 1 aromatic rings. The molecule has 0 spiro atoms. The van der Waals surface area contributed by atoms with Gasteiger partial charge in [-0.25, -0.2) is 9.97 Å². The molecule has 8 heteroatoms. The summed E-state index contributed by atoms with van der Waals surface area (Å²) < 4.78 is 0. The average molecular weight is 403 g/mol. The number of carbonyl (C=O) groups excluding carboxylic acids is 2. The zero-order chi connectivity index (χ0) is 21.0. The van der Waals surface area contributed by atoms with Crippen molar-refractivity contribution in [3.63, 3.8) is 0 Å². The van der Waals surface area contributed by atoms with E-state index in [0.29, 0.717) is 19.6 Å². The van der Waals surface area contributed by atoms with Crippen molar-refractivity contribution in [2.75, 3.05) is 45.1 Å². The second kappa shape index (κ2) is 9.52. The predicted molar refractivity (Wildman–Crippen MR) is 112 cm³/mol. The van der Waals surface area contributed by atoms with Crippen LogP contribution in [0.25, 0.3) is 0 Å². The van der Waals surface area contributed by atoms with Crippen molar-refractivity contribution in [1.29, 1.82) is 0 Å². The number of hydrogen-bond donors (Lipinski definition) is 1. The highest BCUT2D eigenvalue weighted by atomic mass is 16.2. The highest BCUT2D eigenvalue weighted by Gasteiger charge is 2.31. The number of hydrogen-bond acceptors (Lipinski definition) is 6. The molecule has 3 rings (SSSR count). The molecule has 3 heterocycles. The topological polar surface area (TPSA) is 81.7 Å². The number of amides is 2. The Bertz CT molecular complexity index is 749.